The topological polar surface area (TPSA) is 49.8 Å². The number of aryl methyl sites for hydroxylation is 1. The fraction of sp³-hybridized carbons (Fsp3) is 0.333. The van der Waals surface area contributed by atoms with E-state index in [0.717, 1.165) is 10.4 Å². The molecule has 0 radical (unpaired) electrons. The van der Waals surface area contributed by atoms with Crippen molar-refractivity contribution in [3.8, 4) is 0 Å². The lowest BCUT2D eigenvalue weighted by molar-refractivity contribution is -0.144. The number of nitrogens with one attached hydrogen (secondary N) is 2. The number of anilines is 2. The molecular formula is C12H13F3N4S. The van der Waals surface area contributed by atoms with E-state index in [2.05, 4.69) is 20.6 Å². The van der Waals surface area contributed by atoms with E-state index in [9.17, 15) is 13.2 Å². The number of halogens is 3. The second-order valence-electron chi connectivity index (χ2n) is 4.09. The lowest BCUT2D eigenvalue weighted by atomic mass is 10.3. The minimum absolute atomic E-state index is 0.123. The standard InChI is InChI=1S/C12H13F3N4S/c1-7-3-4-20-8(7)6-17-10-5-9(16-2)18-11(19-10)12(13,14)15/h3-5H,6H2,1-2H3,(H2,16,17,18,19). The third kappa shape index (κ3) is 3.38. The van der Waals surface area contributed by atoms with E-state index < -0.39 is 12.0 Å². The molecule has 2 aromatic rings. The van der Waals surface area contributed by atoms with Gasteiger partial charge in [-0.05, 0) is 23.9 Å². The molecule has 0 fully saturated rings. The Labute approximate surface area is 118 Å². The Balaban J connectivity index is 2.21. The highest BCUT2D eigenvalue weighted by Gasteiger charge is 2.35. The second kappa shape index (κ2) is 5.66. The molecule has 0 amide bonds. The van der Waals surface area contributed by atoms with Crippen LogP contribution in [0.15, 0.2) is 17.5 Å². The summed E-state index contributed by atoms with van der Waals surface area (Å²) in [7, 11) is 1.51. The average molecular weight is 302 g/mol. The molecule has 2 rings (SSSR count). The van der Waals surface area contributed by atoms with Gasteiger partial charge in [0.2, 0.25) is 5.82 Å². The van der Waals surface area contributed by atoms with Crippen LogP contribution < -0.4 is 10.6 Å². The van der Waals surface area contributed by atoms with Gasteiger partial charge >= 0.3 is 6.18 Å². The SMILES string of the molecule is CNc1cc(NCc2sccc2C)nc(C(F)(F)F)n1. The predicted octanol–water partition coefficient (Wildman–Crippen LogP) is 3.52. The summed E-state index contributed by atoms with van der Waals surface area (Å²) in [5.41, 5.74) is 1.10. The van der Waals surface area contributed by atoms with Crippen molar-refractivity contribution in [1.29, 1.82) is 0 Å². The van der Waals surface area contributed by atoms with Gasteiger partial charge in [0.1, 0.15) is 11.6 Å². The van der Waals surface area contributed by atoms with Crippen LogP contribution in [-0.4, -0.2) is 17.0 Å². The fourth-order valence-electron chi connectivity index (χ4n) is 1.55. The number of rotatable bonds is 4. The molecule has 20 heavy (non-hydrogen) atoms. The van der Waals surface area contributed by atoms with Gasteiger partial charge in [-0.15, -0.1) is 11.3 Å². The van der Waals surface area contributed by atoms with Crippen molar-refractivity contribution in [2.24, 2.45) is 0 Å². The van der Waals surface area contributed by atoms with Crippen LogP contribution in [0.5, 0.6) is 0 Å². The summed E-state index contributed by atoms with van der Waals surface area (Å²) >= 11 is 1.54. The number of aromatic nitrogens is 2. The number of hydrogen-bond acceptors (Lipinski definition) is 5. The zero-order valence-electron chi connectivity index (χ0n) is 10.9. The van der Waals surface area contributed by atoms with Crippen molar-refractivity contribution in [2.45, 2.75) is 19.6 Å². The quantitative estimate of drug-likeness (QED) is 0.907. The van der Waals surface area contributed by atoms with E-state index in [-0.39, 0.29) is 11.6 Å². The van der Waals surface area contributed by atoms with Gasteiger partial charge < -0.3 is 10.6 Å². The second-order valence-corrected chi connectivity index (χ2v) is 5.09. The van der Waals surface area contributed by atoms with Crippen LogP contribution in [0.25, 0.3) is 0 Å². The zero-order valence-corrected chi connectivity index (χ0v) is 11.7. The van der Waals surface area contributed by atoms with E-state index in [1.54, 1.807) is 11.3 Å². The van der Waals surface area contributed by atoms with Gasteiger partial charge in [0.15, 0.2) is 0 Å². The minimum Gasteiger partial charge on any atom is -0.373 e. The maximum absolute atomic E-state index is 12.7. The molecule has 2 aromatic heterocycles. The van der Waals surface area contributed by atoms with Crippen molar-refractivity contribution in [2.75, 3.05) is 17.7 Å². The third-order valence-corrected chi connectivity index (χ3v) is 3.66. The van der Waals surface area contributed by atoms with Gasteiger partial charge in [-0.3, -0.25) is 0 Å². The molecule has 0 saturated heterocycles. The molecule has 8 heteroatoms. The van der Waals surface area contributed by atoms with Gasteiger partial charge in [-0.25, -0.2) is 9.97 Å². The van der Waals surface area contributed by atoms with Crippen molar-refractivity contribution < 1.29 is 13.2 Å². The molecule has 0 aromatic carbocycles. The zero-order chi connectivity index (χ0) is 14.8. The summed E-state index contributed by atoms with van der Waals surface area (Å²) in [6, 6.07) is 3.40. The van der Waals surface area contributed by atoms with Crippen LogP contribution >= 0.6 is 11.3 Å². The maximum atomic E-state index is 12.7. The molecule has 2 N–H and O–H groups in total. The predicted molar refractivity (Wildman–Crippen MR) is 73.0 cm³/mol. The van der Waals surface area contributed by atoms with E-state index in [0.29, 0.717) is 6.54 Å². The summed E-state index contributed by atoms with van der Waals surface area (Å²) < 4.78 is 38.1. The molecule has 0 atom stereocenters. The summed E-state index contributed by atoms with van der Waals surface area (Å²) in [6.07, 6.45) is -4.57. The van der Waals surface area contributed by atoms with E-state index in [4.69, 9.17) is 0 Å². The van der Waals surface area contributed by atoms with Crippen LogP contribution in [0.1, 0.15) is 16.3 Å². The highest BCUT2D eigenvalue weighted by molar-refractivity contribution is 7.10. The lowest BCUT2D eigenvalue weighted by Crippen LogP contribution is -2.14. The molecule has 0 bridgehead atoms. The summed E-state index contributed by atoms with van der Waals surface area (Å²) in [4.78, 5) is 7.96. The minimum atomic E-state index is -4.57. The van der Waals surface area contributed by atoms with Crippen molar-refractivity contribution in [1.82, 2.24) is 9.97 Å². The molecule has 4 nitrogen and oxygen atoms in total. The molecular weight excluding hydrogens is 289 g/mol. The highest BCUT2D eigenvalue weighted by atomic mass is 32.1. The molecule has 0 aliphatic rings. The van der Waals surface area contributed by atoms with Crippen LogP contribution in [0.2, 0.25) is 0 Å². The maximum Gasteiger partial charge on any atom is 0.451 e. The van der Waals surface area contributed by atoms with Crippen LogP contribution in [0.4, 0.5) is 24.8 Å². The Bertz CT molecular complexity index is 595. The molecule has 108 valence electrons. The van der Waals surface area contributed by atoms with E-state index in [1.165, 1.54) is 13.1 Å². The Morgan fingerprint density at radius 1 is 1.25 bits per heavy atom. The number of hydrogen-bond donors (Lipinski definition) is 2. The number of alkyl halides is 3. The summed E-state index contributed by atoms with van der Waals surface area (Å²) in [5, 5.41) is 7.43. The summed E-state index contributed by atoms with van der Waals surface area (Å²) in [6.45, 7) is 2.38. The Morgan fingerprint density at radius 3 is 2.50 bits per heavy atom. The molecule has 0 aliphatic carbocycles. The van der Waals surface area contributed by atoms with Crippen LogP contribution in [-0.2, 0) is 12.7 Å². The van der Waals surface area contributed by atoms with Gasteiger partial charge in [-0.1, -0.05) is 0 Å². The van der Waals surface area contributed by atoms with Gasteiger partial charge in [-0.2, -0.15) is 13.2 Å². The van der Waals surface area contributed by atoms with Crippen molar-refractivity contribution in [3.05, 3.63) is 33.8 Å². The van der Waals surface area contributed by atoms with Gasteiger partial charge in [0.05, 0.1) is 6.54 Å². The first-order valence-electron chi connectivity index (χ1n) is 5.81. The fourth-order valence-corrected chi connectivity index (χ4v) is 2.39. The monoisotopic (exact) mass is 302 g/mol. The van der Waals surface area contributed by atoms with Crippen molar-refractivity contribution in [3.63, 3.8) is 0 Å². The molecule has 0 spiro atoms. The Hall–Kier alpha value is -1.83. The lowest BCUT2D eigenvalue weighted by Gasteiger charge is -2.11. The van der Waals surface area contributed by atoms with Crippen LogP contribution in [0, 0.1) is 6.92 Å². The molecule has 0 aliphatic heterocycles. The number of thiophene rings is 1. The normalized spacial score (nSPS) is 11.4. The van der Waals surface area contributed by atoms with Gasteiger partial charge in [0.25, 0.3) is 0 Å². The first kappa shape index (κ1) is 14.6. The largest absolute Gasteiger partial charge is 0.451 e. The van der Waals surface area contributed by atoms with E-state index >= 15 is 0 Å². The third-order valence-electron chi connectivity index (χ3n) is 2.63. The molecule has 0 unspecified atom stereocenters. The Kier molecular flexibility index (Phi) is 4.12. The van der Waals surface area contributed by atoms with Crippen LogP contribution in [0.3, 0.4) is 0 Å². The first-order chi connectivity index (χ1) is 9.40. The highest BCUT2D eigenvalue weighted by Crippen LogP contribution is 2.28. The summed E-state index contributed by atoms with van der Waals surface area (Å²) in [5.74, 6) is -0.892. The average Bonchev–Trinajstić information content (AvgIpc) is 2.80. The van der Waals surface area contributed by atoms with Gasteiger partial charge in [0, 0.05) is 18.0 Å². The Morgan fingerprint density at radius 2 is 1.95 bits per heavy atom. The first-order valence-corrected chi connectivity index (χ1v) is 6.69. The molecule has 0 saturated carbocycles. The molecule has 2 heterocycles. The smallest absolute Gasteiger partial charge is 0.373 e. The number of nitrogens with zero attached hydrogens (tertiary/aromatic N) is 2. The van der Waals surface area contributed by atoms with Crippen molar-refractivity contribution >= 4 is 23.0 Å². The van der Waals surface area contributed by atoms with E-state index in [1.807, 2.05) is 18.4 Å².